The molecule has 1 aromatic heterocycles. The van der Waals surface area contributed by atoms with Crippen molar-refractivity contribution in [2.45, 2.75) is 24.4 Å². The molecule has 22 heavy (non-hydrogen) atoms. The molecule has 3 rings (SSSR count). The van der Waals surface area contributed by atoms with Crippen LogP contribution in [0.15, 0.2) is 35.5 Å². The van der Waals surface area contributed by atoms with Gasteiger partial charge in [-0.3, -0.25) is 4.57 Å². The van der Waals surface area contributed by atoms with Crippen molar-refractivity contribution in [3.8, 4) is 5.69 Å². The number of piperidine rings is 1. The number of methoxy groups -OCH3 is 1. The Hall–Kier alpha value is -1.53. The summed E-state index contributed by atoms with van der Waals surface area (Å²) < 4.78 is 7.32. The van der Waals surface area contributed by atoms with E-state index < -0.39 is 0 Å². The topological polar surface area (TPSA) is 43.2 Å². The molecule has 0 atom stereocenters. The van der Waals surface area contributed by atoms with Gasteiger partial charge in [-0.25, -0.2) is 0 Å². The summed E-state index contributed by atoms with van der Waals surface area (Å²) in [6.07, 6.45) is 3.77. The fraction of sp³-hybridized carbons (Fsp3) is 0.500. The highest BCUT2D eigenvalue weighted by atomic mass is 32.2. The van der Waals surface area contributed by atoms with Gasteiger partial charge in [0.1, 0.15) is 0 Å². The Balaban J connectivity index is 1.91. The van der Waals surface area contributed by atoms with Crippen LogP contribution in [0.3, 0.4) is 0 Å². The molecule has 0 amide bonds. The molecule has 0 aliphatic carbocycles. The van der Waals surface area contributed by atoms with E-state index in [0.717, 1.165) is 35.6 Å². The van der Waals surface area contributed by atoms with E-state index in [1.807, 2.05) is 6.07 Å². The van der Waals surface area contributed by atoms with Gasteiger partial charge < -0.3 is 9.64 Å². The lowest BCUT2D eigenvalue weighted by atomic mass is 10.1. The highest BCUT2D eigenvalue weighted by Gasteiger charge is 2.21. The van der Waals surface area contributed by atoms with Crippen molar-refractivity contribution in [3.63, 3.8) is 0 Å². The lowest BCUT2D eigenvalue weighted by molar-refractivity contribution is 0.218. The van der Waals surface area contributed by atoms with Gasteiger partial charge in [0.05, 0.1) is 12.3 Å². The number of thioether (sulfide) groups is 1. The minimum atomic E-state index is 0.714. The lowest BCUT2D eigenvalue weighted by Crippen LogP contribution is -2.31. The maximum absolute atomic E-state index is 5.14. The number of ether oxygens (including phenoxy) is 1. The molecule has 0 saturated carbocycles. The van der Waals surface area contributed by atoms with Gasteiger partial charge in [-0.05, 0) is 31.4 Å². The highest BCUT2D eigenvalue weighted by molar-refractivity contribution is 7.99. The van der Waals surface area contributed by atoms with Crippen LogP contribution < -0.4 is 4.90 Å². The molecule has 1 fully saturated rings. The van der Waals surface area contributed by atoms with Crippen LogP contribution in [0.2, 0.25) is 0 Å². The van der Waals surface area contributed by atoms with Crippen molar-refractivity contribution in [2.24, 2.45) is 0 Å². The molecule has 0 N–H and O–H groups in total. The zero-order valence-corrected chi connectivity index (χ0v) is 13.8. The summed E-state index contributed by atoms with van der Waals surface area (Å²) in [4.78, 5) is 2.35. The Labute approximate surface area is 135 Å². The average Bonchev–Trinajstić information content (AvgIpc) is 3.01. The molecule has 1 aliphatic heterocycles. The van der Waals surface area contributed by atoms with E-state index in [0.29, 0.717) is 6.61 Å². The van der Waals surface area contributed by atoms with Crippen molar-refractivity contribution in [1.29, 1.82) is 0 Å². The quantitative estimate of drug-likeness (QED) is 0.605. The van der Waals surface area contributed by atoms with E-state index in [1.165, 1.54) is 19.3 Å². The number of hydrogen-bond acceptors (Lipinski definition) is 5. The van der Waals surface area contributed by atoms with Crippen LogP contribution in [-0.2, 0) is 4.74 Å². The lowest BCUT2D eigenvalue weighted by Gasteiger charge is -2.27. The molecule has 1 aliphatic rings. The Bertz CT molecular complexity index is 581. The summed E-state index contributed by atoms with van der Waals surface area (Å²) in [6.45, 7) is 2.84. The molecule has 1 saturated heterocycles. The second kappa shape index (κ2) is 7.65. The molecule has 0 bridgehead atoms. The molecule has 2 aromatic rings. The van der Waals surface area contributed by atoms with Crippen molar-refractivity contribution < 1.29 is 4.74 Å². The average molecular weight is 318 g/mol. The van der Waals surface area contributed by atoms with Gasteiger partial charge in [-0.1, -0.05) is 30.0 Å². The Kier molecular flexibility index (Phi) is 5.34. The van der Waals surface area contributed by atoms with E-state index in [-0.39, 0.29) is 0 Å². The number of rotatable bonds is 6. The van der Waals surface area contributed by atoms with Crippen LogP contribution >= 0.6 is 11.8 Å². The number of para-hydroxylation sites is 1. The third kappa shape index (κ3) is 3.44. The standard InChI is InChI=1S/C16H22N4OS/c1-21-12-13-22-16-18-17-15(19-10-6-3-7-11-19)20(16)14-8-4-2-5-9-14/h2,4-5,8-9H,3,6-7,10-13H2,1H3. The van der Waals surface area contributed by atoms with Gasteiger partial charge in [-0.15, -0.1) is 10.2 Å². The third-order valence-electron chi connectivity index (χ3n) is 3.79. The second-order valence-corrected chi connectivity index (χ2v) is 6.40. The molecule has 2 heterocycles. The third-order valence-corrected chi connectivity index (χ3v) is 4.68. The minimum absolute atomic E-state index is 0.714. The first-order valence-corrected chi connectivity index (χ1v) is 8.76. The molecule has 0 spiro atoms. The molecule has 5 nitrogen and oxygen atoms in total. The largest absolute Gasteiger partial charge is 0.384 e. The summed E-state index contributed by atoms with van der Waals surface area (Å²) in [5.74, 6) is 1.84. The molecular formula is C16H22N4OS. The predicted octanol–water partition coefficient (Wildman–Crippen LogP) is 3.00. The van der Waals surface area contributed by atoms with Crippen LogP contribution in [0.1, 0.15) is 19.3 Å². The fourth-order valence-corrected chi connectivity index (χ4v) is 3.52. The Morgan fingerprint density at radius 3 is 2.59 bits per heavy atom. The van der Waals surface area contributed by atoms with E-state index >= 15 is 0 Å². The summed E-state index contributed by atoms with van der Waals surface area (Å²) in [5, 5.41) is 9.82. The van der Waals surface area contributed by atoms with Crippen molar-refractivity contribution in [2.75, 3.05) is 37.5 Å². The first kappa shape index (κ1) is 15.4. The highest BCUT2D eigenvalue weighted by Crippen LogP contribution is 2.28. The van der Waals surface area contributed by atoms with Gasteiger partial charge in [0, 0.05) is 26.0 Å². The van der Waals surface area contributed by atoms with E-state index in [9.17, 15) is 0 Å². The SMILES string of the molecule is COCCSc1nnc(N2CCCCC2)n1-c1ccccc1. The molecular weight excluding hydrogens is 296 g/mol. The minimum Gasteiger partial charge on any atom is -0.384 e. The summed E-state index contributed by atoms with van der Waals surface area (Å²) in [6, 6.07) is 10.4. The monoisotopic (exact) mass is 318 g/mol. The Morgan fingerprint density at radius 1 is 1.09 bits per heavy atom. The fourth-order valence-electron chi connectivity index (χ4n) is 2.67. The molecule has 118 valence electrons. The maximum atomic E-state index is 5.14. The van der Waals surface area contributed by atoms with Gasteiger partial charge in [0.25, 0.3) is 0 Å². The molecule has 0 radical (unpaired) electrons. The maximum Gasteiger partial charge on any atom is 0.232 e. The van der Waals surface area contributed by atoms with E-state index in [1.54, 1.807) is 18.9 Å². The number of aromatic nitrogens is 3. The van der Waals surface area contributed by atoms with Crippen molar-refractivity contribution >= 4 is 17.7 Å². The number of nitrogens with zero attached hydrogens (tertiary/aromatic N) is 4. The van der Waals surface area contributed by atoms with E-state index in [2.05, 4.69) is 43.9 Å². The van der Waals surface area contributed by atoms with Gasteiger partial charge in [0.2, 0.25) is 5.95 Å². The molecule has 0 unspecified atom stereocenters. The van der Waals surface area contributed by atoms with Crippen LogP contribution in [-0.4, -0.2) is 47.3 Å². The number of hydrogen-bond donors (Lipinski definition) is 0. The number of benzene rings is 1. The number of anilines is 1. The van der Waals surface area contributed by atoms with Crippen LogP contribution in [0.25, 0.3) is 5.69 Å². The first-order chi connectivity index (χ1) is 10.9. The second-order valence-electron chi connectivity index (χ2n) is 5.34. The molecule has 1 aromatic carbocycles. The van der Waals surface area contributed by atoms with Crippen LogP contribution in [0.4, 0.5) is 5.95 Å². The van der Waals surface area contributed by atoms with Crippen molar-refractivity contribution in [3.05, 3.63) is 30.3 Å². The smallest absolute Gasteiger partial charge is 0.232 e. The first-order valence-electron chi connectivity index (χ1n) is 7.77. The predicted molar refractivity (Wildman–Crippen MR) is 90.0 cm³/mol. The summed E-state index contributed by atoms with van der Waals surface area (Å²) >= 11 is 1.69. The normalized spacial score (nSPS) is 15.2. The van der Waals surface area contributed by atoms with Gasteiger partial charge in [-0.2, -0.15) is 0 Å². The van der Waals surface area contributed by atoms with Gasteiger partial charge >= 0.3 is 0 Å². The summed E-state index contributed by atoms with van der Waals surface area (Å²) in [7, 11) is 1.72. The van der Waals surface area contributed by atoms with Gasteiger partial charge in [0.15, 0.2) is 5.16 Å². The zero-order valence-electron chi connectivity index (χ0n) is 12.9. The van der Waals surface area contributed by atoms with Crippen molar-refractivity contribution in [1.82, 2.24) is 14.8 Å². The molecule has 6 heteroatoms. The van der Waals surface area contributed by atoms with Crippen LogP contribution in [0, 0.1) is 0 Å². The summed E-state index contributed by atoms with van der Waals surface area (Å²) in [5.41, 5.74) is 1.12. The zero-order chi connectivity index (χ0) is 15.2. The van der Waals surface area contributed by atoms with Crippen LogP contribution in [0.5, 0.6) is 0 Å². The Morgan fingerprint density at radius 2 is 1.86 bits per heavy atom. The van der Waals surface area contributed by atoms with E-state index in [4.69, 9.17) is 4.74 Å².